The van der Waals surface area contributed by atoms with E-state index in [2.05, 4.69) is 42.4 Å². The van der Waals surface area contributed by atoms with E-state index in [1.807, 2.05) is 24.3 Å². The number of rotatable bonds is 3. The molecule has 0 fully saturated rings. The van der Waals surface area contributed by atoms with Crippen LogP contribution in [-0.4, -0.2) is 4.98 Å². The number of aromatic nitrogens is 1. The van der Waals surface area contributed by atoms with E-state index in [1.165, 1.54) is 16.5 Å². The van der Waals surface area contributed by atoms with E-state index in [1.54, 1.807) is 0 Å². The number of aromatic amines is 1. The first kappa shape index (κ1) is 12.3. The summed E-state index contributed by atoms with van der Waals surface area (Å²) in [4.78, 5) is 3.31. The summed E-state index contributed by atoms with van der Waals surface area (Å²) in [6.07, 6.45) is 2.90. The third kappa shape index (κ3) is 2.26. The third-order valence-electron chi connectivity index (χ3n) is 3.54. The monoisotopic (exact) mass is 268 g/mol. The minimum atomic E-state index is 0.299. The van der Waals surface area contributed by atoms with Gasteiger partial charge in [0.1, 0.15) is 0 Å². The predicted molar refractivity (Wildman–Crippen MR) is 81.6 cm³/mol. The zero-order valence-electron chi connectivity index (χ0n) is 10.6. The number of benzene rings is 2. The van der Waals surface area contributed by atoms with Crippen molar-refractivity contribution in [1.82, 2.24) is 4.98 Å². The lowest BCUT2D eigenvalue weighted by Crippen LogP contribution is -1.98. The predicted octanol–water partition coefficient (Wildman–Crippen LogP) is 5.18. The molecule has 0 amide bonds. The van der Waals surface area contributed by atoms with Crippen molar-refractivity contribution in [3.8, 4) is 0 Å². The van der Waals surface area contributed by atoms with Gasteiger partial charge in [0.2, 0.25) is 0 Å². The molecule has 3 aromatic rings. The van der Waals surface area contributed by atoms with E-state index >= 15 is 0 Å². The van der Waals surface area contributed by atoms with Gasteiger partial charge >= 0.3 is 0 Å². The molecule has 1 unspecified atom stereocenters. The van der Waals surface area contributed by atoms with Gasteiger partial charge in [-0.25, -0.2) is 0 Å². The van der Waals surface area contributed by atoms with Crippen LogP contribution in [0.4, 0.5) is 0 Å². The van der Waals surface area contributed by atoms with Gasteiger partial charge in [-0.15, -0.1) is 0 Å². The summed E-state index contributed by atoms with van der Waals surface area (Å²) in [6, 6.07) is 16.4. The Bertz CT molecular complexity index is 685. The lowest BCUT2D eigenvalue weighted by molar-refractivity contribution is 0.834. The highest BCUT2D eigenvalue weighted by atomic mass is 35.5. The molecule has 0 saturated heterocycles. The normalized spacial score (nSPS) is 12.7. The van der Waals surface area contributed by atoms with Crippen molar-refractivity contribution in [3.63, 3.8) is 0 Å². The Kier molecular flexibility index (Phi) is 3.31. The highest BCUT2D eigenvalue weighted by Gasteiger charge is 2.16. The molecule has 19 heavy (non-hydrogen) atoms. The summed E-state index contributed by atoms with van der Waals surface area (Å²) >= 11 is 6.11. The maximum atomic E-state index is 6.11. The van der Waals surface area contributed by atoms with Gasteiger partial charge in [0.25, 0.3) is 0 Å². The molecule has 1 atom stereocenters. The van der Waals surface area contributed by atoms with Crippen molar-refractivity contribution in [2.24, 2.45) is 0 Å². The summed E-state index contributed by atoms with van der Waals surface area (Å²) < 4.78 is 0. The van der Waals surface area contributed by atoms with Crippen molar-refractivity contribution in [2.75, 3.05) is 0 Å². The number of H-pyrrole nitrogens is 1. The van der Waals surface area contributed by atoms with Crippen LogP contribution >= 0.6 is 11.6 Å². The standard InChI is InChI=1S/C17H15ClN/c1-2-14(12-6-4-3-5-7-12)16-11-19-17-9-8-13(18)10-15(16)17/h3-11,14,19H,1-2H2. The molecule has 3 rings (SSSR count). The molecule has 0 aliphatic rings. The molecule has 0 saturated carbocycles. The Hall–Kier alpha value is -1.73. The average molecular weight is 269 g/mol. The Morgan fingerprint density at radius 1 is 1.11 bits per heavy atom. The van der Waals surface area contributed by atoms with Crippen molar-refractivity contribution in [3.05, 3.63) is 77.8 Å². The topological polar surface area (TPSA) is 15.8 Å². The molecule has 0 aliphatic carbocycles. The second-order valence-corrected chi connectivity index (χ2v) is 5.12. The van der Waals surface area contributed by atoms with Crippen LogP contribution in [-0.2, 0) is 0 Å². The number of hydrogen-bond acceptors (Lipinski definition) is 0. The zero-order valence-corrected chi connectivity index (χ0v) is 11.3. The van der Waals surface area contributed by atoms with Crippen LogP contribution in [0.15, 0.2) is 54.7 Å². The number of hydrogen-bond donors (Lipinski definition) is 1. The first-order valence-electron chi connectivity index (χ1n) is 6.40. The quantitative estimate of drug-likeness (QED) is 0.674. The van der Waals surface area contributed by atoms with E-state index in [9.17, 15) is 0 Å². The summed E-state index contributed by atoms with van der Waals surface area (Å²) in [6.45, 7) is 4.10. The fraction of sp³-hybridized carbons (Fsp3) is 0.118. The number of nitrogens with one attached hydrogen (secondary N) is 1. The van der Waals surface area contributed by atoms with Crippen molar-refractivity contribution in [1.29, 1.82) is 0 Å². The van der Waals surface area contributed by atoms with Crippen molar-refractivity contribution < 1.29 is 0 Å². The lowest BCUT2D eigenvalue weighted by atomic mass is 9.89. The van der Waals surface area contributed by atoms with Crippen LogP contribution < -0.4 is 0 Å². The molecule has 0 spiro atoms. The molecule has 1 nitrogen and oxygen atoms in total. The van der Waals surface area contributed by atoms with E-state index in [4.69, 9.17) is 11.6 Å². The van der Waals surface area contributed by atoms with Gasteiger partial charge in [0, 0.05) is 28.0 Å². The van der Waals surface area contributed by atoms with Crippen LogP contribution in [0.2, 0.25) is 5.02 Å². The molecule has 2 aromatic carbocycles. The van der Waals surface area contributed by atoms with E-state index in [0.717, 1.165) is 17.0 Å². The molecule has 0 bridgehead atoms. The van der Waals surface area contributed by atoms with E-state index in [-0.39, 0.29) is 0 Å². The summed E-state index contributed by atoms with van der Waals surface area (Å²) in [5.74, 6) is 0.299. The molecule has 95 valence electrons. The Morgan fingerprint density at radius 2 is 1.89 bits per heavy atom. The largest absolute Gasteiger partial charge is 0.361 e. The van der Waals surface area contributed by atoms with Crippen LogP contribution in [0.3, 0.4) is 0 Å². The smallest absolute Gasteiger partial charge is 0.0458 e. The highest BCUT2D eigenvalue weighted by Crippen LogP contribution is 2.33. The van der Waals surface area contributed by atoms with Gasteiger partial charge in [-0.1, -0.05) is 48.9 Å². The van der Waals surface area contributed by atoms with Crippen molar-refractivity contribution in [2.45, 2.75) is 12.3 Å². The van der Waals surface area contributed by atoms with Crippen LogP contribution in [0.5, 0.6) is 0 Å². The molecule has 1 radical (unpaired) electrons. The maximum absolute atomic E-state index is 6.11. The van der Waals surface area contributed by atoms with Gasteiger partial charge in [0.05, 0.1) is 0 Å². The minimum Gasteiger partial charge on any atom is -0.361 e. The van der Waals surface area contributed by atoms with Gasteiger partial charge < -0.3 is 4.98 Å². The Morgan fingerprint density at radius 3 is 2.63 bits per heavy atom. The summed E-state index contributed by atoms with van der Waals surface area (Å²) in [5.41, 5.74) is 3.67. The van der Waals surface area contributed by atoms with Gasteiger partial charge in [-0.2, -0.15) is 0 Å². The average Bonchev–Trinajstić information content (AvgIpc) is 2.84. The molecule has 1 aromatic heterocycles. The third-order valence-corrected chi connectivity index (χ3v) is 3.78. The second-order valence-electron chi connectivity index (χ2n) is 4.69. The minimum absolute atomic E-state index is 0.299. The van der Waals surface area contributed by atoms with Gasteiger partial charge in [0.15, 0.2) is 0 Å². The van der Waals surface area contributed by atoms with Crippen LogP contribution in [0.25, 0.3) is 10.9 Å². The lowest BCUT2D eigenvalue weighted by Gasteiger charge is -2.14. The van der Waals surface area contributed by atoms with Crippen LogP contribution in [0, 0.1) is 6.92 Å². The molecule has 2 heteroatoms. The van der Waals surface area contributed by atoms with E-state index in [0.29, 0.717) is 5.92 Å². The fourth-order valence-corrected chi connectivity index (χ4v) is 2.76. The maximum Gasteiger partial charge on any atom is 0.0458 e. The van der Waals surface area contributed by atoms with E-state index < -0.39 is 0 Å². The highest BCUT2D eigenvalue weighted by molar-refractivity contribution is 6.31. The van der Waals surface area contributed by atoms with Crippen LogP contribution in [0.1, 0.15) is 23.5 Å². The molecular weight excluding hydrogens is 254 g/mol. The first-order valence-corrected chi connectivity index (χ1v) is 6.78. The molecule has 0 aliphatic heterocycles. The number of fused-ring (bicyclic) bond motifs is 1. The van der Waals surface area contributed by atoms with Gasteiger partial charge in [-0.3, -0.25) is 0 Å². The first-order chi connectivity index (χ1) is 9.29. The summed E-state index contributed by atoms with van der Waals surface area (Å²) in [5, 5.41) is 1.95. The number of halogens is 1. The zero-order chi connectivity index (χ0) is 13.2. The fourth-order valence-electron chi connectivity index (χ4n) is 2.59. The SMILES string of the molecule is [CH2]CC(c1ccccc1)c1c[nH]c2ccc(Cl)cc12. The second kappa shape index (κ2) is 5.10. The molecule has 1 N–H and O–H groups in total. The molecule has 1 heterocycles. The summed E-state index contributed by atoms with van der Waals surface area (Å²) in [7, 11) is 0. The van der Waals surface area contributed by atoms with Crippen molar-refractivity contribution >= 4 is 22.5 Å². The molecular formula is C17H15ClN. The Balaban J connectivity index is 2.14. The van der Waals surface area contributed by atoms with Gasteiger partial charge in [-0.05, 0) is 35.7 Å². The Labute approximate surface area is 118 Å².